The van der Waals surface area contributed by atoms with Gasteiger partial charge in [0.15, 0.2) is 0 Å². The number of esters is 1. The molecule has 0 aliphatic heterocycles. The summed E-state index contributed by atoms with van der Waals surface area (Å²) in [6, 6.07) is 14.1. The van der Waals surface area contributed by atoms with E-state index in [4.69, 9.17) is 0 Å². The van der Waals surface area contributed by atoms with Gasteiger partial charge in [-0.15, -0.1) is 0 Å². The SMILES string of the molecule is COC(=O)c1cccc(C(=O)NC(C)c2ccccc2)n1. The fourth-order valence-electron chi connectivity index (χ4n) is 1.88. The first kappa shape index (κ1) is 14.7. The van der Waals surface area contributed by atoms with Crippen molar-refractivity contribution in [2.75, 3.05) is 7.11 Å². The number of aromatic nitrogens is 1. The number of nitrogens with zero attached hydrogens (tertiary/aromatic N) is 1. The molecule has 0 aliphatic rings. The van der Waals surface area contributed by atoms with Crippen molar-refractivity contribution in [3.8, 4) is 0 Å². The van der Waals surface area contributed by atoms with Crippen molar-refractivity contribution < 1.29 is 14.3 Å². The van der Waals surface area contributed by atoms with E-state index >= 15 is 0 Å². The Morgan fingerprint density at radius 1 is 1.05 bits per heavy atom. The fourth-order valence-corrected chi connectivity index (χ4v) is 1.88. The van der Waals surface area contributed by atoms with Crippen LogP contribution in [0.2, 0.25) is 0 Å². The van der Waals surface area contributed by atoms with Crippen molar-refractivity contribution in [1.82, 2.24) is 10.3 Å². The highest BCUT2D eigenvalue weighted by molar-refractivity contribution is 5.94. The van der Waals surface area contributed by atoms with E-state index in [9.17, 15) is 9.59 Å². The summed E-state index contributed by atoms with van der Waals surface area (Å²) in [5.41, 5.74) is 1.29. The van der Waals surface area contributed by atoms with Crippen molar-refractivity contribution in [1.29, 1.82) is 0 Å². The first-order chi connectivity index (χ1) is 10.1. The van der Waals surface area contributed by atoms with Crippen LogP contribution in [0.15, 0.2) is 48.5 Å². The first-order valence-corrected chi connectivity index (χ1v) is 6.53. The molecule has 1 heterocycles. The number of hydrogen-bond acceptors (Lipinski definition) is 4. The Morgan fingerprint density at radius 3 is 2.38 bits per heavy atom. The molecule has 0 spiro atoms. The Hall–Kier alpha value is -2.69. The molecule has 1 aromatic heterocycles. The van der Waals surface area contributed by atoms with Crippen LogP contribution < -0.4 is 5.32 Å². The average molecular weight is 284 g/mol. The van der Waals surface area contributed by atoms with Crippen LogP contribution in [0.25, 0.3) is 0 Å². The molecule has 108 valence electrons. The predicted octanol–water partition coefficient (Wildman–Crippen LogP) is 2.36. The van der Waals surface area contributed by atoms with E-state index in [0.29, 0.717) is 0 Å². The molecule has 0 aliphatic carbocycles. The highest BCUT2D eigenvalue weighted by Crippen LogP contribution is 2.12. The van der Waals surface area contributed by atoms with Crippen molar-refractivity contribution in [2.24, 2.45) is 0 Å². The average Bonchev–Trinajstić information content (AvgIpc) is 2.55. The number of hydrogen-bond donors (Lipinski definition) is 1. The summed E-state index contributed by atoms with van der Waals surface area (Å²) < 4.78 is 4.59. The molecule has 2 aromatic rings. The quantitative estimate of drug-likeness (QED) is 0.875. The molecule has 1 unspecified atom stereocenters. The largest absolute Gasteiger partial charge is 0.464 e. The summed E-state index contributed by atoms with van der Waals surface area (Å²) in [5, 5.41) is 2.84. The molecule has 1 amide bonds. The number of rotatable bonds is 4. The van der Waals surface area contributed by atoms with Gasteiger partial charge in [-0.1, -0.05) is 36.4 Å². The maximum Gasteiger partial charge on any atom is 0.356 e. The standard InChI is InChI=1S/C16H16N2O3/c1-11(12-7-4-3-5-8-12)17-15(19)13-9-6-10-14(18-13)16(20)21-2/h3-11H,1-2H3,(H,17,19). The Morgan fingerprint density at radius 2 is 1.71 bits per heavy atom. The van der Waals surface area contributed by atoms with Gasteiger partial charge in [-0.3, -0.25) is 4.79 Å². The molecule has 1 N–H and O–H groups in total. The van der Waals surface area contributed by atoms with Gasteiger partial charge in [0.1, 0.15) is 11.4 Å². The molecule has 0 saturated heterocycles. The Labute approximate surface area is 123 Å². The van der Waals surface area contributed by atoms with Crippen LogP contribution >= 0.6 is 0 Å². The van der Waals surface area contributed by atoms with Gasteiger partial charge in [-0.2, -0.15) is 0 Å². The second-order valence-corrected chi connectivity index (χ2v) is 4.51. The minimum Gasteiger partial charge on any atom is -0.464 e. The number of ether oxygens (including phenoxy) is 1. The number of benzene rings is 1. The van der Waals surface area contributed by atoms with Crippen LogP contribution in [-0.2, 0) is 4.74 Å². The second-order valence-electron chi connectivity index (χ2n) is 4.51. The smallest absolute Gasteiger partial charge is 0.356 e. The maximum atomic E-state index is 12.2. The first-order valence-electron chi connectivity index (χ1n) is 6.53. The van der Waals surface area contributed by atoms with Gasteiger partial charge in [0, 0.05) is 0 Å². The summed E-state index contributed by atoms with van der Waals surface area (Å²) in [6.07, 6.45) is 0. The maximum absolute atomic E-state index is 12.2. The van der Waals surface area contributed by atoms with Crippen LogP contribution in [0.1, 0.15) is 39.5 Å². The highest BCUT2D eigenvalue weighted by Gasteiger charge is 2.15. The fraction of sp³-hybridized carbons (Fsp3) is 0.188. The number of nitrogens with one attached hydrogen (secondary N) is 1. The zero-order chi connectivity index (χ0) is 15.2. The number of carbonyl (C=O) groups is 2. The lowest BCUT2D eigenvalue weighted by atomic mass is 10.1. The van der Waals surface area contributed by atoms with Gasteiger partial charge in [-0.05, 0) is 24.6 Å². The van der Waals surface area contributed by atoms with Crippen LogP contribution in [0.4, 0.5) is 0 Å². The molecule has 1 atom stereocenters. The van der Waals surface area contributed by atoms with Crippen molar-refractivity contribution in [3.05, 3.63) is 65.5 Å². The number of methoxy groups -OCH3 is 1. The van der Waals surface area contributed by atoms with Gasteiger partial charge < -0.3 is 10.1 Å². The predicted molar refractivity (Wildman–Crippen MR) is 77.9 cm³/mol. The molecule has 0 saturated carbocycles. The summed E-state index contributed by atoms with van der Waals surface area (Å²) in [7, 11) is 1.27. The van der Waals surface area contributed by atoms with E-state index in [1.54, 1.807) is 12.1 Å². The van der Waals surface area contributed by atoms with E-state index in [0.717, 1.165) is 5.56 Å². The van der Waals surface area contributed by atoms with Gasteiger partial charge in [0.2, 0.25) is 0 Å². The number of carbonyl (C=O) groups excluding carboxylic acids is 2. The van der Waals surface area contributed by atoms with Gasteiger partial charge in [-0.25, -0.2) is 9.78 Å². The summed E-state index contributed by atoms with van der Waals surface area (Å²) in [6.45, 7) is 1.89. The molecule has 1 aromatic carbocycles. The second kappa shape index (κ2) is 6.65. The van der Waals surface area contributed by atoms with E-state index in [1.165, 1.54) is 13.2 Å². The lowest BCUT2D eigenvalue weighted by molar-refractivity contribution is 0.0594. The zero-order valence-electron chi connectivity index (χ0n) is 11.9. The van der Waals surface area contributed by atoms with E-state index in [-0.39, 0.29) is 23.3 Å². The normalized spacial score (nSPS) is 11.5. The van der Waals surface area contributed by atoms with E-state index < -0.39 is 5.97 Å². The van der Waals surface area contributed by atoms with Crippen molar-refractivity contribution in [3.63, 3.8) is 0 Å². The lowest BCUT2D eigenvalue weighted by Gasteiger charge is -2.14. The van der Waals surface area contributed by atoms with E-state index in [2.05, 4.69) is 15.0 Å². The van der Waals surface area contributed by atoms with Crippen LogP contribution in [-0.4, -0.2) is 24.0 Å². The molecule has 0 fully saturated rings. The summed E-state index contributed by atoms with van der Waals surface area (Å²) in [4.78, 5) is 27.6. The van der Waals surface area contributed by atoms with Gasteiger partial charge in [0.25, 0.3) is 5.91 Å². The highest BCUT2D eigenvalue weighted by atomic mass is 16.5. The number of amides is 1. The molecular weight excluding hydrogens is 268 g/mol. The molecule has 21 heavy (non-hydrogen) atoms. The van der Waals surface area contributed by atoms with Crippen LogP contribution in [0.5, 0.6) is 0 Å². The lowest BCUT2D eigenvalue weighted by Crippen LogP contribution is -2.27. The molecule has 5 nitrogen and oxygen atoms in total. The minimum atomic E-state index is -0.569. The summed E-state index contributed by atoms with van der Waals surface area (Å²) in [5.74, 6) is -0.905. The Bertz CT molecular complexity index is 641. The summed E-state index contributed by atoms with van der Waals surface area (Å²) >= 11 is 0. The molecule has 0 radical (unpaired) electrons. The minimum absolute atomic E-state index is 0.109. The van der Waals surface area contributed by atoms with Gasteiger partial charge >= 0.3 is 5.97 Å². The van der Waals surface area contributed by atoms with Crippen LogP contribution in [0.3, 0.4) is 0 Å². The molecule has 2 rings (SSSR count). The third-order valence-electron chi connectivity index (χ3n) is 3.02. The Balaban J connectivity index is 2.12. The monoisotopic (exact) mass is 284 g/mol. The Kier molecular flexibility index (Phi) is 4.66. The third-order valence-corrected chi connectivity index (χ3v) is 3.02. The third kappa shape index (κ3) is 3.66. The van der Waals surface area contributed by atoms with Crippen molar-refractivity contribution >= 4 is 11.9 Å². The molecule has 5 heteroatoms. The topological polar surface area (TPSA) is 68.3 Å². The van der Waals surface area contributed by atoms with Crippen LogP contribution in [0, 0.1) is 0 Å². The van der Waals surface area contributed by atoms with Crippen molar-refractivity contribution in [2.45, 2.75) is 13.0 Å². The molecular formula is C16H16N2O3. The zero-order valence-corrected chi connectivity index (χ0v) is 11.9. The molecule has 0 bridgehead atoms. The van der Waals surface area contributed by atoms with Gasteiger partial charge in [0.05, 0.1) is 13.2 Å². The number of pyridine rings is 1. The van der Waals surface area contributed by atoms with E-state index in [1.807, 2.05) is 37.3 Å².